The van der Waals surface area contributed by atoms with Crippen LogP contribution < -0.4 is 9.47 Å². The molecule has 178 valence electrons. The summed E-state index contributed by atoms with van der Waals surface area (Å²) in [6, 6.07) is 12.8. The molecule has 8 nitrogen and oxygen atoms in total. The van der Waals surface area contributed by atoms with E-state index in [2.05, 4.69) is 6.92 Å². The Labute approximate surface area is 194 Å². The van der Waals surface area contributed by atoms with Crippen LogP contribution in [0.1, 0.15) is 67.7 Å². The van der Waals surface area contributed by atoms with Gasteiger partial charge in [-0.3, -0.25) is 9.78 Å². The summed E-state index contributed by atoms with van der Waals surface area (Å²) in [6.07, 6.45) is 1.20. The van der Waals surface area contributed by atoms with Crippen LogP contribution in [0.2, 0.25) is 0 Å². The fourth-order valence-corrected chi connectivity index (χ4v) is 2.51. The molecule has 8 heteroatoms. The lowest BCUT2D eigenvalue weighted by atomic mass is 10.2. The van der Waals surface area contributed by atoms with Crippen LogP contribution in [0.5, 0.6) is 11.5 Å². The molecule has 33 heavy (non-hydrogen) atoms. The van der Waals surface area contributed by atoms with Gasteiger partial charge in [0.1, 0.15) is 11.5 Å². The van der Waals surface area contributed by atoms with E-state index in [0.717, 1.165) is 0 Å². The van der Waals surface area contributed by atoms with Gasteiger partial charge in [0.15, 0.2) is 0 Å². The number of ether oxygens (including phenoxy) is 2. The standard InChI is InChI=1S/C25H30O8/c1-6-7-8-23(30-32-24(26)19-9-13-21(14-10-19)28-17(2)3)31-33-25(27)20-11-15-22(16-12-20)29-18(4)5/h9-18H,1,6-8H2,2-5H3. The summed E-state index contributed by atoms with van der Waals surface area (Å²) < 4.78 is 11.1. The quantitative estimate of drug-likeness (QED) is 0.282. The maximum atomic E-state index is 12.2. The summed E-state index contributed by atoms with van der Waals surface area (Å²) in [5, 5.41) is 0. The minimum Gasteiger partial charge on any atom is -0.491 e. The Morgan fingerprint density at radius 3 is 1.42 bits per heavy atom. The SMILES string of the molecule is [CH2]CCC[C](OOC(=O)c1ccc(OC(C)C)cc1)OOC(=O)c1ccc(OC(C)C)cc1. The van der Waals surface area contributed by atoms with E-state index in [1.54, 1.807) is 48.5 Å². The van der Waals surface area contributed by atoms with Crippen LogP contribution in [0.4, 0.5) is 0 Å². The van der Waals surface area contributed by atoms with Gasteiger partial charge in [-0.25, -0.2) is 9.59 Å². The zero-order valence-corrected chi connectivity index (χ0v) is 19.4. The first-order valence-corrected chi connectivity index (χ1v) is 10.7. The van der Waals surface area contributed by atoms with Crippen LogP contribution in [0.15, 0.2) is 48.5 Å². The normalized spacial score (nSPS) is 11.0. The number of carbonyl (C=O) groups excluding carboxylic acids is 2. The van der Waals surface area contributed by atoms with Gasteiger partial charge >= 0.3 is 18.2 Å². The first-order chi connectivity index (χ1) is 15.8. The molecule has 2 aromatic carbocycles. The topological polar surface area (TPSA) is 89.5 Å². The lowest BCUT2D eigenvalue weighted by molar-refractivity contribution is -0.363. The highest BCUT2D eigenvalue weighted by Crippen LogP contribution is 2.20. The van der Waals surface area contributed by atoms with Crippen molar-refractivity contribution in [2.24, 2.45) is 0 Å². The maximum absolute atomic E-state index is 12.2. The van der Waals surface area contributed by atoms with Gasteiger partial charge in [0.05, 0.1) is 23.3 Å². The molecule has 0 aliphatic heterocycles. The third kappa shape index (κ3) is 9.51. The molecule has 0 saturated heterocycles. The minimum absolute atomic E-state index is 0.0162. The highest BCUT2D eigenvalue weighted by Gasteiger charge is 2.21. The van der Waals surface area contributed by atoms with Crippen LogP contribution >= 0.6 is 0 Å². The van der Waals surface area contributed by atoms with E-state index in [1.807, 2.05) is 27.7 Å². The van der Waals surface area contributed by atoms with Crippen LogP contribution in [-0.4, -0.2) is 24.1 Å². The minimum atomic E-state index is -0.742. The maximum Gasteiger partial charge on any atom is 0.373 e. The second-order valence-electron chi connectivity index (χ2n) is 7.62. The molecule has 0 heterocycles. The van der Waals surface area contributed by atoms with E-state index in [9.17, 15) is 9.59 Å². The number of hydrogen-bond donors (Lipinski definition) is 0. The van der Waals surface area contributed by atoms with Gasteiger partial charge in [0.25, 0.3) is 0 Å². The van der Waals surface area contributed by atoms with Crippen LogP contribution in [0.25, 0.3) is 0 Å². The van der Waals surface area contributed by atoms with Crippen LogP contribution in [-0.2, 0) is 19.6 Å². The Kier molecular flexibility index (Phi) is 10.7. The fraction of sp³-hybridized carbons (Fsp3) is 0.360. The zero-order chi connectivity index (χ0) is 24.2. The van der Waals surface area contributed by atoms with Crippen molar-refractivity contribution in [1.82, 2.24) is 0 Å². The van der Waals surface area contributed by atoms with Crippen molar-refractivity contribution in [3.63, 3.8) is 0 Å². The smallest absolute Gasteiger partial charge is 0.373 e. The van der Waals surface area contributed by atoms with Gasteiger partial charge < -0.3 is 9.47 Å². The van der Waals surface area contributed by atoms with E-state index >= 15 is 0 Å². The second kappa shape index (κ2) is 13.4. The largest absolute Gasteiger partial charge is 0.491 e. The molecule has 0 amide bonds. The van der Waals surface area contributed by atoms with Crippen LogP contribution in [0.3, 0.4) is 0 Å². The Bertz CT molecular complexity index is 789. The number of carbonyl (C=O) groups is 2. The molecule has 0 unspecified atom stereocenters. The summed E-state index contributed by atoms with van der Waals surface area (Å²) in [7, 11) is 0. The Balaban J connectivity index is 1.88. The monoisotopic (exact) mass is 458 g/mol. The van der Waals surface area contributed by atoms with Crippen molar-refractivity contribution >= 4 is 11.9 Å². The third-order valence-corrected chi connectivity index (χ3v) is 3.98. The molecule has 0 bridgehead atoms. The van der Waals surface area contributed by atoms with Crippen molar-refractivity contribution < 1.29 is 38.6 Å². The highest BCUT2D eigenvalue weighted by atomic mass is 17.3. The van der Waals surface area contributed by atoms with E-state index < -0.39 is 11.9 Å². The molecule has 0 aliphatic carbocycles. The van der Waals surface area contributed by atoms with Crippen molar-refractivity contribution in [2.75, 3.05) is 0 Å². The van der Waals surface area contributed by atoms with E-state index in [1.165, 1.54) is 0 Å². The fourth-order valence-electron chi connectivity index (χ4n) is 2.51. The molecule has 0 atom stereocenters. The molecule has 2 aromatic rings. The van der Waals surface area contributed by atoms with E-state index in [-0.39, 0.29) is 36.0 Å². The average Bonchev–Trinajstić information content (AvgIpc) is 2.78. The first-order valence-electron chi connectivity index (χ1n) is 10.7. The number of hydrogen-bond acceptors (Lipinski definition) is 8. The first kappa shape index (κ1) is 26.2. The van der Waals surface area contributed by atoms with Crippen molar-refractivity contribution in [3.05, 3.63) is 72.9 Å². The van der Waals surface area contributed by atoms with Crippen LogP contribution in [0, 0.1) is 13.2 Å². The summed E-state index contributed by atoms with van der Waals surface area (Å²) in [6.45, 7) is 11.4. The number of unbranched alkanes of at least 4 members (excludes halogenated alkanes) is 1. The Hall–Kier alpha value is -3.10. The Morgan fingerprint density at radius 1 is 0.697 bits per heavy atom. The van der Waals surface area contributed by atoms with Gasteiger partial charge in [0, 0.05) is 6.42 Å². The molecule has 0 saturated carbocycles. The lowest BCUT2D eigenvalue weighted by Crippen LogP contribution is -2.16. The molecule has 2 rings (SSSR count). The van der Waals surface area contributed by atoms with Gasteiger partial charge in [0.2, 0.25) is 0 Å². The molecular weight excluding hydrogens is 428 g/mol. The number of benzene rings is 2. The highest BCUT2D eigenvalue weighted by molar-refractivity contribution is 5.89. The third-order valence-electron chi connectivity index (χ3n) is 3.98. The Morgan fingerprint density at radius 2 is 1.09 bits per heavy atom. The molecular formula is C25H30O8. The van der Waals surface area contributed by atoms with E-state index in [0.29, 0.717) is 24.3 Å². The molecule has 0 aromatic heterocycles. The van der Waals surface area contributed by atoms with Gasteiger partial charge in [-0.05, 0) is 82.6 Å². The lowest BCUT2D eigenvalue weighted by Gasteiger charge is -2.14. The van der Waals surface area contributed by atoms with Gasteiger partial charge in [-0.15, -0.1) is 9.78 Å². The molecule has 0 fully saturated rings. The van der Waals surface area contributed by atoms with Crippen molar-refractivity contribution in [1.29, 1.82) is 0 Å². The second-order valence-corrected chi connectivity index (χ2v) is 7.62. The zero-order valence-electron chi connectivity index (χ0n) is 19.4. The average molecular weight is 459 g/mol. The molecule has 0 N–H and O–H groups in total. The van der Waals surface area contributed by atoms with Gasteiger partial charge in [-0.1, -0.05) is 13.3 Å². The van der Waals surface area contributed by atoms with Crippen molar-refractivity contribution in [3.8, 4) is 11.5 Å². The van der Waals surface area contributed by atoms with E-state index in [4.69, 9.17) is 29.0 Å². The predicted octanol–water partition coefficient (Wildman–Crippen LogP) is 5.63. The molecule has 2 radical (unpaired) electrons. The predicted molar refractivity (Wildman–Crippen MR) is 120 cm³/mol. The summed E-state index contributed by atoms with van der Waals surface area (Å²) in [5.41, 5.74) is 0.506. The molecule has 0 aliphatic rings. The molecule has 0 spiro atoms. The number of rotatable bonds is 13. The summed E-state index contributed by atoms with van der Waals surface area (Å²) >= 11 is 0. The van der Waals surface area contributed by atoms with Crippen molar-refractivity contribution in [2.45, 2.75) is 59.2 Å². The summed E-state index contributed by atoms with van der Waals surface area (Å²) in [4.78, 5) is 44.1. The van der Waals surface area contributed by atoms with Gasteiger partial charge in [-0.2, -0.15) is 0 Å². The summed E-state index contributed by atoms with van der Waals surface area (Å²) in [5.74, 6) is -0.226.